The van der Waals surface area contributed by atoms with Crippen LogP contribution in [0.15, 0.2) is 59.0 Å². The zero-order valence-corrected chi connectivity index (χ0v) is 14.8. The second kappa shape index (κ2) is 6.58. The van der Waals surface area contributed by atoms with Crippen LogP contribution in [-0.4, -0.2) is 26.9 Å². The van der Waals surface area contributed by atoms with Gasteiger partial charge in [0.15, 0.2) is 5.82 Å². The Hall–Kier alpha value is -4.07. The van der Waals surface area contributed by atoms with Crippen LogP contribution in [0.4, 0.5) is 16.3 Å². The van der Waals surface area contributed by atoms with Crippen molar-refractivity contribution in [3.05, 3.63) is 65.9 Å². The minimum atomic E-state index is -1.15. The average molecular weight is 376 g/mol. The molecule has 4 rings (SSSR count). The number of anilines is 2. The minimum absolute atomic E-state index is 0.156. The summed E-state index contributed by atoms with van der Waals surface area (Å²) in [5, 5.41) is 16.5. The predicted molar refractivity (Wildman–Crippen MR) is 104 cm³/mol. The number of rotatable bonds is 3. The van der Waals surface area contributed by atoms with E-state index in [0.717, 1.165) is 5.56 Å². The first-order chi connectivity index (χ1) is 13.4. The molecule has 0 aliphatic heterocycles. The number of nitrogens with one attached hydrogen (secondary N) is 1. The van der Waals surface area contributed by atoms with E-state index in [1.54, 1.807) is 36.4 Å². The van der Waals surface area contributed by atoms with Gasteiger partial charge in [0.2, 0.25) is 5.76 Å². The second-order valence-corrected chi connectivity index (χ2v) is 6.29. The molecule has 0 atom stereocenters. The molecule has 2 heterocycles. The van der Waals surface area contributed by atoms with E-state index in [4.69, 9.17) is 15.3 Å². The first-order valence-corrected chi connectivity index (χ1v) is 8.42. The van der Waals surface area contributed by atoms with Crippen LogP contribution in [0.25, 0.3) is 22.2 Å². The summed E-state index contributed by atoms with van der Waals surface area (Å²) in [7, 11) is 0. The number of nitrogen functional groups attached to an aromatic ring is 1. The molecule has 0 aliphatic carbocycles. The van der Waals surface area contributed by atoms with Gasteiger partial charge in [-0.25, -0.2) is 9.59 Å². The normalized spacial score (nSPS) is 10.9. The maximum atomic E-state index is 12.6. The second-order valence-electron chi connectivity index (χ2n) is 6.29. The third-order valence-corrected chi connectivity index (χ3v) is 4.30. The number of aryl methyl sites for hydroxylation is 1. The summed E-state index contributed by atoms with van der Waals surface area (Å²) in [6.07, 6.45) is 0. The Morgan fingerprint density at radius 2 is 1.86 bits per heavy atom. The van der Waals surface area contributed by atoms with Crippen LogP contribution in [0.2, 0.25) is 0 Å². The summed E-state index contributed by atoms with van der Waals surface area (Å²) < 4.78 is 6.51. The molecule has 0 unspecified atom stereocenters. The molecule has 2 aromatic heterocycles. The van der Waals surface area contributed by atoms with Gasteiger partial charge in [0, 0.05) is 16.6 Å². The fourth-order valence-electron chi connectivity index (χ4n) is 2.87. The molecule has 28 heavy (non-hydrogen) atoms. The van der Waals surface area contributed by atoms with Crippen molar-refractivity contribution in [2.75, 3.05) is 11.1 Å². The number of nitrogens with zero attached hydrogens (tertiary/aromatic N) is 2. The van der Waals surface area contributed by atoms with Crippen LogP contribution in [0.1, 0.15) is 16.1 Å². The van der Waals surface area contributed by atoms with Crippen molar-refractivity contribution < 1.29 is 19.1 Å². The number of carbonyl (C=O) groups excluding carboxylic acids is 1. The summed E-state index contributed by atoms with van der Waals surface area (Å²) in [6, 6.07) is 15.0. The topological polar surface area (TPSA) is 123 Å². The summed E-state index contributed by atoms with van der Waals surface area (Å²) in [5.74, 6) is -0.736. The van der Waals surface area contributed by atoms with Gasteiger partial charge in [-0.15, -0.1) is 5.10 Å². The Morgan fingerprint density at radius 1 is 1.11 bits per heavy atom. The van der Waals surface area contributed by atoms with Crippen molar-refractivity contribution in [2.45, 2.75) is 6.92 Å². The number of amides is 1. The molecular weight excluding hydrogens is 360 g/mol. The van der Waals surface area contributed by atoms with Crippen LogP contribution in [0.3, 0.4) is 0 Å². The Morgan fingerprint density at radius 3 is 2.54 bits per heavy atom. The Balaban J connectivity index is 1.68. The third kappa shape index (κ3) is 3.07. The molecular formula is C20H16N4O4. The molecule has 0 aliphatic rings. The van der Waals surface area contributed by atoms with Gasteiger partial charge in [0.25, 0.3) is 0 Å². The van der Waals surface area contributed by atoms with E-state index in [9.17, 15) is 9.59 Å². The maximum absolute atomic E-state index is 12.6. The van der Waals surface area contributed by atoms with Crippen molar-refractivity contribution in [3.8, 4) is 11.3 Å². The van der Waals surface area contributed by atoms with Gasteiger partial charge in [0.05, 0.1) is 5.52 Å². The Kier molecular flexibility index (Phi) is 4.08. The summed E-state index contributed by atoms with van der Waals surface area (Å²) in [6.45, 7) is 1.96. The van der Waals surface area contributed by atoms with Crippen molar-refractivity contribution >= 4 is 34.4 Å². The number of aromatic carboxylic acids is 1. The highest BCUT2D eigenvalue weighted by Crippen LogP contribution is 2.29. The number of carboxylic acids is 1. The Bertz CT molecular complexity index is 1200. The molecule has 0 radical (unpaired) electrons. The molecule has 2 aromatic carbocycles. The molecule has 4 N–H and O–H groups in total. The van der Waals surface area contributed by atoms with Crippen LogP contribution < -0.4 is 11.1 Å². The van der Waals surface area contributed by atoms with Crippen LogP contribution >= 0.6 is 0 Å². The van der Waals surface area contributed by atoms with Crippen molar-refractivity contribution in [2.24, 2.45) is 0 Å². The average Bonchev–Trinajstić information content (AvgIpc) is 3.29. The monoisotopic (exact) mass is 376 g/mol. The molecule has 0 saturated heterocycles. The van der Waals surface area contributed by atoms with E-state index < -0.39 is 12.0 Å². The zero-order valence-electron chi connectivity index (χ0n) is 14.8. The van der Waals surface area contributed by atoms with Gasteiger partial charge >= 0.3 is 12.0 Å². The lowest BCUT2D eigenvalue weighted by Crippen LogP contribution is -2.20. The van der Waals surface area contributed by atoms with Gasteiger partial charge in [-0.05, 0) is 49.4 Å². The Labute approximate surface area is 159 Å². The first kappa shape index (κ1) is 17.3. The molecule has 0 spiro atoms. The number of carboxylic acid groups (broad SMARTS) is 1. The predicted octanol–water partition coefficient (Wildman–Crippen LogP) is 3.97. The van der Waals surface area contributed by atoms with Crippen LogP contribution in [0, 0.1) is 6.92 Å². The number of benzene rings is 2. The van der Waals surface area contributed by atoms with Crippen molar-refractivity contribution in [1.82, 2.24) is 9.78 Å². The number of nitrogens with two attached hydrogens (primary N) is 1. The lowest BCUT2D eigenvalue weighted by Gasteiger charge is -2.06. The van der Waals surface area contributed by atoms with E-state index in [2.05, 4.69) is 10.4 Å². The van der Waals surface area contributed by atoms with E-state index in [-0.39, 0.29) is 11.6 Å². The highest BCUT2D eigenvalue weighted by molar-refractivity contribution is 6.01. The molecule has 0 saturated carbocycles. The van der Waals surface area contributed by atoms with E-state index in [1.807, 2.05) is 19.1 Å². The fraction of sp³-hybridized carbons (Fsp3) is 0.0500. The van der Waals surface area contributed by atoms with E-state index >= 15 is 0 Å². The SMILES string of the molecule is Cc1ccc(NC(=O)n2nc(N)c3cc(-c4ccc(C(=O)O)o4)ccc32)cc1. The fourth-order valence-corrected chi connectivity index (χ4v) is 2.87. The minimum Gasteiger partial charge on any atom is -0.475 e. The number of hydrogen-bond acceptors (Lipinski definition) is 5. The molecule has 8 heteroatoms. The van der Waals surface area contributed by atoms with E-state index in [0.29, 0.717) is 27.9 Å². The summed E-state index contributed by atoms with van der Waals surface area (Å²) in [4.78, 5) is 23.6. The van der Waals surface area contributed by atoms with E-state index in [1.165, 1.54) is 10.7 Å². The zero-order chi connectivity index (χ0) is 19.8. The van der Waals surface area contributed by atoms with Gasteiger partial charge in [-0.2, -0.15) is 4.68 Å². The number of fused-ring (bicyclic) bond motifs is 1. The van der Waals surface area contributed by atoms with Crippen LogP contribution in [-0.2, 0) is 0 Å². The van der Waals surface area contributed by atoms with Gasteiger partial charge in [-0.3, -0.25) is 0 Å². The highest BCUT2D eigenvalue weighted by Gasteiger charge is 2.17. The first-order valence-electron chi connectivity index (χ1n) is 8.42. The smallest absolute Gasteiger partial charge is 0.371 e. The quantitative estimate of drug-likeness (QED) is 0.497. The summed E-state index contributed by atoms with van der Waals surface area (Å²) >= 11 is 0. The third-order valence-electron chi connectivity index (χ3n) is 4.30. The highest BCUT2D eigenvalue weighted by atomic mass is 16.4. The summed E-state index contributed by atoms with van der Waals surface area (Å²) in [5.41, 5.74) is 8.88. The number of hydrogen-bond donors (Lipinski definition) is 3. The van der Waals surface area contributed by atoms with Gasteiger partial charge < -0.3 is 20.6 Å². The van der Waals surface area contributed by atoms with Gasteiger partial charge in [0.1, 0.15) is 5.76 Å². The number of furan rings is 1. The lowest BCUT2D eigenvalue weighted by atomic mass is 10.1. The molecule has 8 nitrogen and oxygen atoms in total. The standard InChI is InChI=1S/C20H16N4O4/c1-11-2-5-13(6-3-11)22-20(27)24-15-7-4-12(10-14(15)18(21)23-24)16-8-9-17(28-16)19(25)26/h2-10H,1H3,(H2,21,23)(H,22,27)(H,25,26). The molecule has 140 valence electrons. The number of aromatic nitrogens is 2. The van der Waals surface area contributed by atoms with Crippen LogP contribution in [0.5, 0.6) is 0 Å². The molecule has 0 fully saturated rings. The lowest BCUT2D eigenvalue weighted by molar-refractivity contribution is 0.0663. The van der Waals surface area contributed by atoms with Gasteiger partial charge in [-0.1, -0.05) is 17.7 Å². The van der Waals surface area contributed by atoms with Crippen molar-refractivity contribution in [3.63, 3.8) is 0 Å². The number of carbonyl (C=O) groups is 2. The maximum Gasteiger partial charge on any atom is 0.371 e. The largest absolute Gasteiger partial charge is 0.475 e. The molecule has 1 amide bonds. The molecule has 0 bridgehead atoms. The van der Waals surface area contributed by atoms with Crippen molar-refractivity contribution in [1.29, 1.82) is 0 Å². The molecule has 4 aromatic rings.